The molecule has 0 atom stereocenters. The van der Waals surface area contributed by atoms with Gasteiger partial charge in [-0.2, -0.15) is 0 Å². The van der Waals surface area contributed by atoms with Crippen molar-refractivity contribution in [1.29, 1.82) is 0 Å². The van der Waals surface area contributed by atoms with Crippen molar-refractivity contribution in [2.75, 3.05) is 0 Å². The topological polar surface area (TPSA) is 0 Å². The maximum atomic E-state index is 2.38. The van der Waals surface area contributed by atoms with Crippen LogP contribution in [0.25, 0.3) is 65.7 Å². The van der Waals surface area contributed by atoms with Gasteiger partial charge in [-0.25, -0.2) is 0 Å². The first kappa shape index (κ1) is 20.5. The summed E-state index contributed by atoms with van der Waals surface area (Å²) in [6.07, 6.45) is 1.03. The number of fused-ring (bicyclic) bond motifs is 9. The quantitative estimate of drug-likeness (QED) is 0.221. The second-order valence-electron chi connectivity index (χ2n) is 10.1. The van der Waals surface area contributed by atoms with E-state index in [-0.39, 0.29) is 0 Å². The number of hydrogen-bond donors (Lipinski definition) is 0. The monoisotopic (exact) mass is 468 g/mol. The molecule has 172 valence electrons. The number of benzene rings is 7. The summed E-state index contributed by atoms with van der Waals surface area (Å²) in [6.45, 7) is 0. The van der Waals surface area contributed by atoms with Gasteiger partial charge in [-0.05, 0) is 101 Å². The highest BCUT2D eigenvalue weighted by atomic mass is 14.2. The van der Waals surface area contributed by atoms with Crippen molar-refractivity contribution in [3.8, 4) is 33.4 Å². The summed E-state index contributed by atoms with van der Waals surface area (Å²) in [5, 5.41) is 7.88. The van der Waals surface area contributed by atoms with Gasteiger partial charge in [0, 0.05) is 0 Å². The second kappa shape index (κ2) is 7.91. The number of hydrogen-bond acceptors (Lipinski definition) is 0. The molecule has 37 heavy (non-hydrogen) atoms. The van der Waals surface area contributed by atoms with Gasteiger partial charge < -0.3 is 0 Å². The molecule has 1 aliphatic rings. The van der Waals surface area contributed by atoms with Crippen LogP contribution in [0.15, 0.2) is 133 Å². The predicted molar refractivity (Wildman–Crippen MR) is 158 cm³/mol. The lowest BCUT2D eigenvalue weighted by Gasteiger charge is -2.13. The molecule has 0 saturated heterocycles. The molecule has 0 spiro atoms. The molecule has 0 heterocycles. The van der Waals surface area contributed by atoms with Crippen LogP contribution in [0, 0.1) is 0 Å². The highest BCUT2D eigenvalue weighted by molar-refractivity contribution is 6.25. The van der Waals surface area contributed by atoms with Crippen LogP contribution in [-0.2, 0) is 6.42 Å². The largest absolute Gasteiger partial charge is 0.0619 e. The maximum Gasteiger partial charge on any atom is -0.00134 e. The van der Waals surface area contributed by atoms with Crippen molar-refractivity contribution in [3.63, 3.8) is 0 Å². The third-order valence-electron chi connectivity index (χ3n) is 8.07. The zero-order valence-electron chi connectivity index (χ0n) is 20.4. The molecule has 7 aromatic rings. The van der Waals surface area contributed by atoms with Crippen LogP contribution in [0.2, 0.25) is 0 Å². The van der Waals surface area contributed by atoms with Gasteiger partial charge in [-0.3, -0.25) is 0 Å². The minimum atomic E-state index is 1.03. The van der Waals surface area contributed by atoms with E-state index in [4.69, 9.17) is 0 Å². The SMILES string of the molecule is c1cc(-c2ccc3c(c2)-c2ccccc2C3)cc(-c2ccc3c4ccccc4c4ccccc4c3c2)c1. The standard InChI is InChI=1S/C37H24/c1-2-11-30-28(8-1)21-29-17-16-26(22-36(29)30)24-9-7-10-25(20-24)27-18-19-35-33-14-4-3-12-31(33)32-13-5-6-15-34(32)37(35)23-27/h1-20,22-23H,21H2. The van der Waals surface area contributed by atoms with Crippen LogP contribution >= 0.6 is 0 Å². The highest BCUT2D eigenvalue weighted by Gasteiger charge is 2.18. The summed E-state index contributed by atoms with van der Waals surface area (Å²) in [7, 11) is 0. The van der Waals surface area contributed by atoms with E-state index in [1.807, 2.05) is 0 Å². The van der Waals surface area contributed by atoms with Gasteiger partial charge >= 0.3 is 0 Å². The first-order chi connectivity index (χ1) is 18.3. The molecule has 0 aliphatic heterocycles. The molecule has 0 aromatic heterocycles. The molecule has 0 saturated carbocycles. The van der Waals surface area contributed by atoms with Gasteiger partial charge in [0.2, 0.25) is 0 Å². The normalized spacial score (nSPS) is 12.2. The molecule has 8 rings (SSSR count). The molecule has 0 fully saturated rings. The fraction of sp³-hybridized carbons (Fsp3) is 0.0270. The summed E-state index contributed by atoms with van der Waals surface area (Å²) in [4.78, 5) is 0. The summed E-state index contributed by atoms with van der Waals surface area (Å²) in [5.41, 5.74) is 10.6. The van der Waals surface area contributed by atoms with Gasteiger partial charge in [0.25, 0.3) is 0 Å². The van der Waals surface area contributed by atoms with Crippen molar-refractivity contribution in [2.24, 2.45) is 0 Å². The van der Waals surface area contributed by atoms with E-state index in [1.54, 1.807) is 0 Å². The Labute approximate surface area is 216 Å². The minimum absolute atomic E-state index is 1.03. The summed E-state index contributed by atoms with van der Waals surface area (Å²) in [5.74, 6) is 0. The van der Waals surface area contributed by atoms with E-state index in [0.717, 1.165) is 6.42 Å². The van der Waals surface area contributed by atoms with Gasteiger partial charge in [0.1, 0.15) is 0 Å². The molecule has 0 radical (unpaired) electrons. The third kappa shape index (κ3) is 3.16. The zero-order chi connectivity index (χ0) is 24.3. The molecule has 1 aliphatic carbocycles. The summed E-state index contributed by atoms with van der Waals surface area (Å²) in [6, 6.07) is 49.3. The smallest absolute Gasteiger partial charge is 0.00134 e. The highest BCUT2D eigenvalue weighted by Crippen LogP contribution is 2.40. The van der Waals surface area contributed by atoms with Gasteiger partial charge in [0.15, 0.2) is 0 Å². The van der Waals surface area contributed by atoms with Crippen LogP contribution in [0.5, 0.6) is 0 Å². The van der Waals surface area contributed by atoms with Crippen molar-refractivity contribution >= 4 is 32.3 Å². The van der Waals surface area contributed by atoms with Crippen molar-refractivity contribution < 1.29 is 0 Å². The molecule has 0 unspecified atom stereocenters. The van der Waals surface area contributed by atoms with Gasteiger partial charge in [-0.15, -0.1) is 0 Å². The molecule has 0 amide bonds. The predicted octanol–water partition coefficient (Wildman–Crippen LogP) is 10.1. The average Bonchev–Trinajstić information content (AvgIpc) is 3.35. The fourth-order valence-electron chi connectivity index (χ4n) is 6.27. The van der Waals surface area contributed by atoms with E-state index in [2.05, 4.69) is 133 Å². The first-order valence-corrected chi connectivity index (χ1v) is 13.0. The summed E-state index contributed by atoms with van der Waals surface area (Å²) >= 11 is 0. The van der Waals surface area contributed by atoms with Crippen LogP contribution in [0.3, 0.4) is 0 Å². The van der Waals surface area contributed by atoms with E-state index in [1.165, 1.54) is 76.8 Å². The van der Waals surface area contributed by atoms with Crippen LogP contribution in [0.1, 0.15) is 11.1 Å². The maximum absolute atomic E-state index is 2.38. The van der Waals surface area contributed by atoms with E-state index in [0.29, 0.717) is 0 Å². The summed E-state index contributed by atoms with van der Waals surface area (Å²) < 4.78 is 0. The average molecular weight is 469 g/mol. The Bertz CT molecular complexity index is 1970. The van der Waals surface area contributed by atoms with Crippen LogP contribution in [-0.4, -0.2) is 0 Å². The molecule has 7 aromatic carbocycles. The van der Waals surface area contributed by atoms with Crippen molar-refractivity contribution in [1.82, 2.24) is 0 Å². The van der Waals surface area contributed by atoms with Gasteiger partial charge in [0.05, 0.1) is 0 Å². The molecule has 0 bridgehead atoms. The Morgan fingerprint density at radius 1 is 0.297 bits per heavy atom. The molecular formula is C37H24. The molecule has 0 nitrogen and oxygen atoms in total. The lowest BCUT2D eigenvalue weighted by molar-refractivity contribution is 1.26. The lowest BCUT2D eigenvalue weighted by atomic mass is 9.91. The lowest BCUT2D eigenvalue weighted by Crippen LogP contribution is -1.86. The van der Waals surface area contributed by atoms with Gasteiger partial charge in [-0.1, -0.05) is 115 Å². The number of rotatable bonds is 2. The molecular weight excluding hydrogens is 444 g/mol. The Hall–Kier alpha value is -4.68. The first-order valence-electron chi connectivity index (χ1n) is 13.0. The Balaban J connectivity index is 1.28. The Morgan fingerprint density at radius 3 is 1.54 bits per heavy atom. The Kier molecular flexibility index (Phi) is 4.39. The van der Waals surface area contributed by atoms with E-state index < -0.39 is 0 Å². The fourth-order valence-corrected chi connectivity index (χ4v) is 6.27. The minimum Gasteiger partial charge on any atom is -0.0619 e. The van der Waals surface area contributed by atoms with Crippen molar-refractivity contribution in [2.45, 2.75) is 6.42 Å². The molecule has 0 heteroatoms. The van der Waals surface area contributed by atoms with Crippen molar-refractivity contribution in [3.05, 3.63) is 145 Å². The third-order valence-corrected chi connectivity index (χ3v) is 8.07. The molecule has 0 N–H and O–H groups in total. The second-order valence-corrected chi connectivity index (χ2v) is 10.1. The van der Waals surface area contributed by atoms with E-state index >= 15 is 0 Å². The zero-order valence-corrected chi connectivity index (χ0v) is 20.4. The Morgan fingerprint density at radius 2 is 0.811 bits per heavy atom. The van der Waals surface area contributed by atoms with Crippen LogP contribution < -0.4 is 0 Å². The van der Waals surface area contributed by atoms with Crippen LogP contribution in [0.4, 0.5) is 0 Å². The van der Waals surface area contributed by atoms with E-state index in [9.17, 15) is 0 Å².